The first kappa shape index (κ1) is 11.6. The third kappa shape index (κ3) is 1.98. The van der Waals surface area contributed by atoms with Crippen LogP contribution in [-0.2, 0) is 0 Å². The number of pyridine rings is 1. The number of anilines is 1. The van der Waals surface area contributed by atoms with Gasteiger partial charge in [-0.1, -0.05) is 33.6 Å². The van der Waals surface area contributed by atoms with Gasteiger partial charge in [0.1, 0.15) is 5.65 Å². The van der Waals surface area contributed by atoms with Gasteiger partial charge < -0.3 is 10.1 Å². The molecule has 5 heteroatoms. The van der Waals surface area contributed by atoms with E-state index in [4.69, 9.17) is 17.3 Å². The average Bonchev–Trinajstić information content (AvgIpc) is 2.71. The number of hydrogen-bond donors (Lipinski definition) is 1. The summed E-state index contributed by atoms with van der Waals surface area (Å²) in [6.07, 6.45) is 3.75. The summed E-state index contributed by atoms with van der Waals surface area (Å²) in [6, 6.07) is 9.45. The van der Waals surface area contributed by atoms with Crippen molar-refractivity contribution in [3.8, 4) is 11.3 Å². The molecule has 0 bridgehead atoms. The van der Waals surface area contributed by atoms with Crippen molar-refractivity contribution in [3.05, 3.63) is 52.2 Å². The van der Waals surface area contributed by atoms with E-state index in [2.05, 4.69) is 20.9 Å². The maximum atomic E-state index is 6.22. The topological polar surface area (TPSA) is 43.3 Å². The Morgan fingerprint density at radius 2 is 2.00 bits per heavy atom. The number of benzene rings is 1. The Kier molecular flexibility index (Phi) is 2.76. The molecule has 0 unspecified atom stereocenters. The predicted molar refractivity (Wildman–Crippen MR) is 77.8 cm³/mol. The van der Waals surface area contributed by atoms with Crippen LogP contribution in [0, 0.1) is 0 Å². The Hall–Kier alpha value is -1.52. The molecule has 3 nitrogen and oxygen atoms in total. The number of rotatable bonds is 1. The summed E-state index contributed by atoms with van der Waals surface area (Å²) >= 11 is 9.61. The second-order valence-electron chi connectivity index (χ2n) is 3.98. The van der Waals surface area contributed by atoms with Gasteiger partial charge in [0.25, 0.3) is 0 Å². The summed E-state index contributed by atoms with van der Waals surface area (Å²) in [5.41, 5.74) is 9.02. The minimum Gasteiger partial charge on any atom is -0.398 e. The number of aromatic nitrogens is 2. The second-order valence-corrected chi connectivity index (χ2v) is 5.30. The molecular formula is C13H9BrClN3. The molecule has 18 heavy (non-hydrogen) atoms. The smallest absolute Gasteiger partial charge is 0.137 e. The molecule has 2 aromatic heterocycles. The van der Waals surface area contributed by atoms with Gasteiger partial charge in [-0.25, -0.2) is 4.98 Å². The van der Waals surface area contributed by atoms with Crippen LogP contribution in [0.3, 0.4) is 0 Å². The maximum absolute atomic E-state index is 6.22. The number of nitrogens with two attached hydrogens (primary N) is 1. The van der Waals surface area contributed by atoms with Gasteiger partial charge in [0.15, 0.2) is 0 Å². The van der Waals surface area contributed by atoms with Crippen LogP contribution in [0.25, 0.3) is 16.9 Å². The largest absolute Gasteiger partial charge is 0.398 e. The summed E-state index contributed by atoms with van der Waals surface area (Å²) < 4.78 is 2.84. The van der Waals surface area contributed by atoms with Crippen molar-refractivity contribution >= 4 is 38.9 Å². The second kappa shape index (κ2) is 4.30. The quantitative estimate of drug-likeness (QED) is 0.736. The van der Waals surface area contributed by atoms with Crippen LogP contribution in [0.5, 0.6) is 0 Å². The number of hydrogen-bond acceptors (Lipinski definition) is 2. The fourth-order valence-electron chi connectivity index (χ4n) is 1.84. The number of imidazole rings is 1. The van der Waals surface area contributed by atoms with Gasteiger partial charge in [-0.05, 0) is 24.3 Å². The summed E-state index contributed by atoms with van der Waals surface area (Å²) in [6.45, 7) is 0. The molecule has 2 N–H and O–H groups in total. The minimum atomic E-state index is 0.667. The number of halogens is 2. The van der Waals surface area contributed by atoms with Crippen LogP contribution in [0.4, 0.5) is 5.69 Å². The number of nitrogens with zero attached hydrogens (tertiary/aromatic N) is 2. The van der Waals surface area contributed by atoms with E-state index in [1.165, 1.54) is 0 Å². The minimum absolute atomic E-state index is 0.667. The van der Waals surface area contributed by atoms with Crippen LogP contribution in [0.1, 0.15) is 0 Å². The van der Waals surface area contributed by atoms with Crippen molar-refractivity contribution in [1.29, 1.82) is 0 Å². The van der Waals surface area contributed by atoms with E-state index >= 15 is 0 Å². The van der Waals surface area contributed by atoms with Crippen LogP contribution in [0.15, 0.2) is 47.2 Å². The van der Waals surface area contributed by atoms with Crippen LogP contribution in [0.2, 0.25) is 5.02 Å². The highest BCUT2D eigenvalue weighted by Crippen LogP contribution is 2.30. The first-order valence-electron chi connectivity index (χ1n) is 5.33. The lowest BCUT2D eigenvalue weighted by molar-refractivity contribution is 1.19. The standard InChI is InChI=1S/C13H9BrClN3/c14-8-1-3-10(11(15)5-8)12-7-18-6-9(16)2-4-13(18)17-12/h1-7H,16H2. The van der Waals surface area contributed by atoms with E-state index in [1.807, 2.05) is 47.1 Å². The lowest BCUT2D eigenvalue weighted by atomic mass is 10.2. The molecule has 0 spiro atoms. The van der Waals surface area contributed by atoms with Crippen molar-refractivity contribution in [1.82, 2.24) is 9.38 Å². The first-order valence-corrected chi connectivity index (χ1v) is 6.50. The Morgan fingerprint density at radius 1 is 1.17 bits per heavy atom. The van der Waals surface area contributed by atoms with E-state index in [0.717, 1.165) is 21.4 Å². The molecule has 0 aliphatic heterocycles. The molecule has 3 rings (SSSR count). The van der Waals surface area contributed by atoms with Crippen LogP contribution < -0.4 is 5.73 Å². The highest BCUT2D eigenvalue weighted by Gasteiger charge is 2.08. The monoisotopic (exact) mass is 321 g/mol. The third-order valence-electron chi connectivity index (χ3n) is 2.68. The van der Waals surface area contributed by atoms with Gasteiger partial charge in [0, 0.05) is 28.1 Å². The average molecular weight is 323 g/mol. The fraction of sp³-hybridized carbons (Fsp3) is 0. The Labute approximate surface area is 117 Å². The van der Waals surface area contributed by atoms with Gasteiger partial charge in [-0.3, -0.25) is 0 Å². The molecule has 1 aromatic carbocycles. The Bertz CT molecular complexity index is 736. The van der Waals surface area contributed by atoms with Crippen molar-refractivity contribution in [2.45, 2.75) is 0 Å². The summed E-state index contributed by atoms with van der Waals surface area (Å²) in [5.74, 6) is 0. The van der Waals surface area contributed by atoms with Gasteiger partial charge in [-0.2, -0.15) is 0 Å². The molecule has 0 atom stereocenters. The lowest BCUT2D eigenvalue weighted by Crippen LogP contribution is -1.88. The zero-order chi connectivity index (χ0) is 12.7. The Morgan fingerprint density at radius 3 is 2.78 bits per heavy atom. The molecule has 2 heterocycles. The summed E-state index contributed by atoms with van der Waals surface area (Å²) in [4.78, 5) is 4.52. The fourth-order valence-corrected chi connectivity index (χ4v) is 2.61. The first-order chi connectivity index (χ1) is 8.63. The van der Waals surface area contributed by atoms with E-state index < -0.39 is 0 Å². The molecule has 90 valence electrons. The normalized spacial score (nSPS) is 11.0. The number of fused-ring (bicyclic) bond motifs is 1. The highest BCUT2D eigenvalue weighted by atomic mass is 79.9. The summed E-state index contributed by atoms with van der Waals surface area (Å²) in [7, 11) is 0. The van der Waals surface area contributed by atoms with Gasteiger partial charge >= 0.3 is 0 Å². The van der Waals surface area contributed by atoms with Crippen LogP contribution >= 0.6 is 27.5 Å². The van der Waals surface area contributed by atoms with Crippen LogP contribution in [-0.4, -0.2) is 9.38 Å². The molecule has 3 aromatic rings. The van der Waals surface area contributed by atoms with Crippen molar-refractivity contribution < 1.29 is 0 Å². The van der Waals surface area contributed by atoms with E-state index in [0.29, 0.717) is 10.7 Å². The molecular weight excluding hydrogens is 314 g/mol. The molecule has 0 aliphatic carbocycles. The lowest BCUT2D eigenvalue weighted by Gasteiger charge is -2.00. The van der Waals surface area contributed by atoms with Gasteiger partial charge in [-0.15, -0.1) is 0 Å². The number of nitrogen functional groups attached to an aromatic ring is 1. The van der Waals surface area contributed by atoms with Crippen molar-refractivity contribution in [2.75, 3.05) is 5.73 Å². The summed E-state index contributed by atoms with van der Waals surface area (Å²) in [5, 5.41) is 0.667. The van der Waals surface area contributed by atoms with Gasteiger partial charge in [0.2, 0.25) is 0 Å². The zero-order valence-corrected chi connectivity index (χ0v) is 11.6. The SMILES string of the molecule is Nc1ccc2nc(-c3ccc(Br)cc3Cl)cn2c1. The van der Waals surface area contributed by atoms with Gasteiger partial charge in [0.05, 0.1) is 10.7 Å². The predicted octanol–water partition coefficient (Wildman–Crippen LogP) is 4.00. The Balaban J connectivity index is 2.19. The van der Waals surface area contributed by atoms with Crippen molar-refractivity contribution in [2.24, 2.45) is 0 Å². The highest BCUT2D eigenvalue weighted by molar-refractivity contribution is 9.10. The maximum Gasteiger partial charge on any atom is 0.137 e. The molecule has 0 saturated carbocycles. The van der Waals surface area contributed by atoms with E-state index in [1.54, 1.807) is 0 Å². The zero-order valence-electron chi connectivity index (χ0n) is 9.27. The van der Waals surface area contributed by atoms with Crippen molar-refractivity contribution in [3.63, 3.8) is 0 Å². The molecule has 0 fully saturated rings. The van der Waals surface area contributed by atoms with E-state index in [9.17, 15) is 0 Å². The van der Waals surface area contributed by atoms with E-state index in [-0.39, 0.29) is 0 Å². The molecule has 0 radical (unpaired) electrons. The molecule has 0 aliphatic rings. The molecule has 0 saturated heterocycles. The molecule has 0 amide bonds. The third-order valence-corrected chi connectivity index (χ3v) is 3.49.